The van der Waals surface area contributed by atoms with E-state index in [-0.39, 0.29) is 75.1 Å². The highest BCUT2D eigenvalue weighted by Gasteiger charge is 2.39. The lowest BCUT2D eigenvalue weighted by molar-refractivity contribution is 0.00895. The van der Waals surface area contributed by atoms with Gasteiger partial charge in [-0.1, -0.05) is 22.9 Å². The van der Waals surface area contributed by atoms with Gasteiger partial charge in [0, 0.05) is 55.2 Å². The van der Waals surface area contributed by atoms with Gasteiger partial charge in [-0.2, -0.15) is 9.97 Å². The summed E-state index contributed by atoms with van der Waals surface area (Å²) in [5, 5.41) is 4.21. The number of likely N-dealkylation sites (tertiary alicyclic amines) is 1. The third kappa shape index (κ3) is 5.45. The lowest BCUT2D eigenvalue weighted by Crippen LogP contribution is -2.39. The van der Waals surface area contributed by atoms with Gasteiger partial charge >= 0.3 is 6.01 Å². The molecule has 2 aromatic heterocycles. The first kappa shape index (κ1) is 28.8. The number of benzene rings is 2. The van der Waals surface area contributed by atoms with E-state index in [1.807, 2.05) is 0 Å². The van der Waals surface area contributed by atoms with Gasteiger partial charge in [0.05, 0.1) is 21.8 Å². The van der Waals surface area contributed by atoms with Gasteiger partial charge < -0.3 is 20.7 Å². The molecule has 3 aliphatic heterocycles. The molecule has 0 amide bonds. The lowest BCUT2D eigenvalue weighted by atomic mass is 10.0. The first-order valence-electron chi connectivity index (χ1n) is 14.3. The van der Waals surface area contributed by atoms with Crippen molar-refractivity contribution in [2.75, 3.05) is 49.9 Å². The van der Waals surface area contributed by atoms with Gasteiger partial charge in [0.1, 0.15) is 23.3 Å². The Balaban J connectivity index is 1.33. The number of alkyl halides is 2. The largest absolute Gasteiger partial charge is 0.459 e. The average molecular weight is 636 g/mol. The van der Waals surface area contributed by atoms with Crippen LogP contribution in [0.25, 0.3) is 32.2 Å². The van der Waals surface area contributed by atoms with Gasteiger partial charge in [-0.25, -0.2) is 22.5 Å². The number of hydrogen-bond acceptors (Lipinski definition) is 9. The average Bonchev–Trinajstić information content (AvgIpc) is 3.60. The fourth-order valence-electron chi connectivity index (χ4n) is 6.59. The van der Waals surface area contributed by atoms with E-state index in [0.717, 1.165) is 30.7 Å². The number of halogens is 5. The summed E-state index contributed by atoms with van der Waals surface area (Å²) < 4.78 is 65.0. The third-order valence-electron chi connectivity index (χ3n) is 8.55. The first-order valence-corrected chi connectivity index (χ1v) is 15.5. The Kier molecular flexibility index (Phi) is 7.26. The van der Waals surface area contributed by atoms with E-state index in [0.29, 0.717) is 30.2 Å². The zero-order chi connectivity index (χ0) is 30.0. The van der Waals surface area contributed by atoms with Gasteiger partial charge in [-0.3, -0.25) is 4.90 Å². The second-order valence-corrected chi connectivity index (χ2v) is 13.2. The van der Waals surface area contributed by atoms with Crippen LogP contribution in [0.2, 0.25) is 5.02 Å². The molecular weight excluding hydrogens is 606 g/mol. The normalized spacial score (nSPS) is 22.9. The Bertz CT molecular complexity index is 1720. The lowest BCUT2D eigenvalue weighted by Gasteiger charge is -2.28. The van der Waals surface area contributed by atoms with Crippen molar-refractivity contribution in [1.82, 2.24) is 25.2 Å². The molecule has 2 unspecified atom stereocenters. The molecule has 3 N–H and O–H groups in total. The fourth-order valence-corrected chi connectivity index (χ4v) is 7.65. The Hall–Kier alpha value is -3.00. The number of ether oxygens (including phenoxy) is 1. The minimum Gasteiger partial charge on any atom is -0.459 e. The molecule has 7 rings (SSSR count). The number of nitrogen functional groups attached to an aromatic ring is 1. The van der Waals surface area contributed by atoms with Crippen LogP contribution in [0.5, 0.6) is 6.01 Å². The van der Waals surface area contributed by atoms with E-state index in [1.165, 1.54) is 12.1 Å². The van der Waals surface area contributed by atoms with Gasteiger partial charge in [-0.05, 0) is 50.4 Å². The summed E-state index contributed by atoms with van der Waals surface area (Å²) in [4.78, 5) is 17.2. The number of nitrogens with two attached hydrogens (primary N) is 1. The smallest absolute Gasteiger partial charge is 0.319 e. The molecule has 228 valence electrons. The summed E-state index contributed by atoms with van der Waals surface area (Å²) in [5.74, 6) is -2.92. The van der Waals surface area contributed by atoms with E-state index in [4.69, 9.17) is 27.1 Å². The molecule has 3 atom stereocenters. The summed E-state index contributed by atoms with van der Waals surface area (Å²) >= 11 is 7.74. The molecule has 5 heterocycles. The van der Waals surface area contributed by atoms with Crippen molar-refractivity contribution in [1.29, 1.82) is 0 Å². The van der Waals surface area contributed by atoms with Crippen molar-refractivity contribution in [3.05, 3.63) is 34.9 Å². The molecule has 14 heteroatoms. The number of nitrogens with one attached hydrogen (secondary N) is 1. The standard InChI is InChI=1S/C29H30ClF4N7OS/c1-14(11-40-7-5-29(33,34)13-40)42-28-38-23-18(26(39-28)41-6-4-15-8-16(12-41)36-10-15)9-19(30)21(22(23)32)17-2-3-20(31)25-24(17)37-27(35)43-25/h2-3,9,14-16,36H,4-8,10-13H2,1H3,(H2,35,37)/t14-,15?,16?/m0/s1. The number of hydrogen-bond donors (Lipinski definition) is 2. The third-order valence-corrected chi connectivity index (χ3v) is 9.75. The van der Waals surface area contributed by atoms with E-state index >= 15 is 4.39 Å². The molecule has 3 fully saturated rings. The molecule has 0 aliphatic carbocycles. The van der Waals surface area contributed by atoms with Crippen molar-refractivity contribution in [2.24, 2.45) is 5.92 Å². The van der Waals surface area contributed by atoms with Crippen molar-refractivity contribution in [2.45, 2.75) is 44.3 Å². The second kappa shape index (κ2) is 10.9. The predicted octanol–water partition coefficient (Wildman–Crippen LogP) is 5.72. The maximum Gasteiger partial charge on any atom is 0.319 e. The quantitative estimate of drug-likeness (QED) is 0.260. The number of aromatic nitrogens is 3. The molecule has 0 saturated carbocycles. The van der Waals surface area contributed by atoms with Crippen LogP contribution in [-0.4, -0.2) is 77.2 Å². The number of thiazole rings is 1. The van der Waals surface area contributed by atoms with Crippen LogP contribution in [0.15, 0.2) is 18.2 Å². The van der Waals surface area contributed by atoms with Crippen molar-refractivity contribution < 1.29 is 22.3 Å². The van der Waals surface area contributed by atoms with Crippen LogP contribution in [-0.2, 0) is 0 Å². The number of rotatable bonds is 6. The zero-order valence-corrected chi connectivity index (χ0v) is 24.9. The maximum absolute atomic E-state index is 16.7. The summed E-state index contributed by atoms with van der Waals surface area (Å²) in [6, 6.07) is 4.50. The van der Waals surface area contributed by atoms with Crippen LogP contribution in [0, 0.1) is 17.6 Å². The maximum atomic E-state index is 16.7. The zero-order valence-electron chi connectivity index (χ0n) is 23.3. The Labute approximate surface area is 254 Å². The molecule has 43 heavy (non-hydrogen) atoms. The molecule has 3 saturated heterocycles. The molecule has 4 aromatic rings. The van der Waals surface area contributed by atoms with Gasteiger partial charge in [0.25, 0.3) is 5.92 Å². The van der Waals surface area contributed by atoms with Crippen LogP contribution < -0.4 is 20.7 Å². The topological polar surface area (TPSA) is 92.4 Å². The number of anilines is 2. The van der Waals surface area contributed by atoms with E-state index in [1.54, 1.807) is 17.9 Å². The van der Waals surface area contributed by atoms with E-state index < -0.39 is 23.7 Å². The second-order valence-electron chi connectivity index (χ2n) is 11.8. The molecule has 0 radical (unpaired) electrons. The number of fused-ring (bicyclic) bond motifs is 4. The summed E-state index contributed by atoms with van der Waals surface area (Å²) in [5.41, 5.74) is 6.38. The van der Waals surface area contributed by atoms with Crippen LogP contribution in [0.4, 0.5) is 28.5 Å². The monoisotopic (exact) mass is 635 g/mol. The highest BCUT2D eigenvalue weighted by Crippen LogP contribution is 2.43. The summed E-state index contributed by atoms with van der Waals surface area (Å²) in [6.45, 7) is 4.28. The number of nitrogens with zero attached hydrogens (tertiary/aromatic N) is 5. The highest BCUT2D eigenvalue weighted by atomic mass is 35.5. The van der Waals surface area contributed by atoms with Gasteiger partial charge in [-0.15, -0.1) is 0 Å². The molecule has 3 aliphatic rings. The predicted molar refractivity (Wildman–Crippen MR) is 160 cm³/mol. The molecular formula is C29H30ClF4N7OS. The van der Waals surface area contributed by atoms with Crippen LogP contribution in [0.1, 0.15) is 26.2 Å². The minimum absolute atomic E-state index is 0.0117. The van der Waals surface area contributed by atoms with Crippen molar-refractivity contribution in [3.8, 4) is 17.1 Å². The van der Waals surface area contributed by atoms with Crippen LogP contribution >= 0.6 is 22.9 Å². The van der Waals surface area contributed by atoms with E-state index in [2.05, 4.69) is 20.2 Å². The van der Waals surface area contributed by atoms with Gasteiger partial charge in [0.15, 0.2) is 10.9 Å². The van der Waals surface area contributed by atoms with Gasteiger partial charge in [0.2, 0.25) is 0 Å². The summed E-state index contributed by atoms with van der Waals surface area (Å²) in [6.07, 6.45) is 1.26. The molecule has 0 spiro atoms. The van der Waals surface area contributed by atoms with Crippen molar-refractivity contribution in [3.63, 3.8) is 0 Å². The SMILES string of the molecule is C[C@@H](CN1CCC(F)(F)C1)Oc1nc(N2CCC3CNC(C3)C2)c2cc(Cl)c(-c3ccc(F)c4sc(N)nc34)c(F)c2n1. The van der Waals surface area contributed by atoms with E-state index in [9.17, 15) is 13.2 Å². The molecule has 2 aromatic carbocycles. The minimum atomic E-state index is -2.72. The summed E-state index contributed by atoms with van der Waals surface area (Å²) in [7, 11) is 0. The molecule has 8 nitrogen and oxygen atoms in total. The first-order chi connectivity index (χ1) is 20.5. The Morgan fingerprint density at radius 2 is 2.05 bits per heavy atom. The Morgan fingerprint density at radius 1 is 1.21 bits per heavy atom. The molecule has 2 bridgehead atoms. The van der Waals surface area contributed by atoms with Crippen LogP contribution in [0.3, 0.4) is 0 Å². The van der Waals surface area contributed by atoms with Crippen molar-refractivity contribution >= 4 is 55.0 Å². The fraction of sp³-hybridized carbons (Fsp3) is 0.483. The Morgan fingerprint density at radius 3 is 2.84 bits per heavy atom. The highest BCUT2D eigenvalue weighted by molar-refractivity contribution is 7.22.